The lowest BCUT2D eigenvalue weighted by Crippen LogP contribution is -2.17. The first-order chi connectivity index (χ1) is 8.92. The fourth-order valence-electron chi connectivity index (χ4n) is 2.81. The van der Waals surface area contributed by atoms with Crippen LogP contribution in [0.4, 0.5) is 0 Å². The third-order valence-electron chi connectivity index (χ3n) is 3.72. The zero-order valence-electron chi connectivity index (χ0n) is 10.3. The Labute approximate surface area is 116 Å². The minimum Gasteiger partial charge on any atom is -0.327 e. The third kappa shape index (κ3) is 1.90. The van der Waals surface area contributed by atoms with Crippen LogP contribution in [-0.4, -0.2) is 25.0 Å². The SMILES string of the molecule is Cl.c1cc2n[nH]nc2cc1C1CCCc2cncn21. The molecule has 5 nitrogen and oxygen atoms in total. The number of hydrogen-bond acceptors (Lipinski definition) is 3. The van der Waals surface area contributed by atoms with Crippen molar-refractivity contribution >= 4 is 23.4 Å². The van der Waals surface area contributed by atoms with Crippen LogP contribution in [0.3, 0.4) is 0 Å². The van der Waals surface area contributed by atoms with Gasteiger partial charge in [-0.25, -0.2) is 4.98 Å². The summed E-state index contributed by atoms with van der Waals surface area (Å²) >= 11 is 0. The first-order valence-electron chi connectivity index (χ1n) is 6.23. The van der Waals surface area contributed by atoms with E-state index in [1.54, 1.807) is 0 Å². The van der Waals surface area contributed by atoms with Crippen LogP contribution in [0.5, 0.6) is 0 Å². The van der Waals surface area contributed by atoms with Crippen molar-refractivity contribution in [3.8, 4) is 0 Å². The molecule has 3 heterocycles. The van der Waals surface area contributed by atoms with E-state index in [1.165, 1.54) is 17.7 Å². The van der Waals surface area contributed by atoms with E-state index in [4.69, 9.17) is 0 Å². The number of benzene rings is 1. The molecule has 0 spiro atoms. The molecule has 2 aromatic heterocycles. The number of nitrogens with zero attached hydrogens (tertiary/aromatic N) is 4. The molecule has 98 valence electrons. The van der Waals surface area contributed by atoms with Crippen molar-refractivity contribution < 1.29 is 0 Å². The van der Waals surface area contributed by atoms with Crippen LogP contribution in [-0.2, 0) is 6.42 Å². The second-order valence-electron chi connectivity index (χ2n) is 4.77. The minimum absolute atomic E-state index is 0. The first-order valence-corrected chi connectivity index (χ1v) is 6.23. The number of aryl methyl sites for hydroxylation is 1. The molecule has 19 heavy (non-hydrogen) atoms. The molecule has 1 aromatic carbocycles. The molecule has 0 saturated carbocycles. The summed E-state index contributed by atoms with van der Waals surface area (Å²) in [5, 5.41) is 10.9. The summed E-state index contributed by atoms with van der Waals surface area (Å²) in [6.07, 6.45) is 7.41. The molecule has 1 atom stereocenters. The van der Waals surface area contributed by atoms with Crippen molar-refractivity contribution in [3.63, 3.8) is 0 Å². The lowest BCUT2D eigenvalue weighted by Gasteiger charge is -2.25. The van der Waals surface area contributed by atoms with E-state index in [2.05, 4.69) is 37.1 Å². The van der Waals surface area contributed by atoms with Crippen molar-refractivity contribution in [2.45, 2.75) is 25.3 Å². The molecule has 0 bridgehead atoms. The number of hydrogen-bond donors (Lipinski definition) is 1. The largest absolute Gasteiger partial charge is 0.327 e. The molecule has 1 unspecified atom stereocenters. The summed E-state index contributed by atoms with van der Waals surface area (Å²) in [5.41, 5.74) is 4.46. The number of H-pyrrole nitrogens is 1. The average molecular weight is 276 g/mol. The summed E-state index contributed by atoms with van der Waals surface area (Å²) in [7, 11) is 0. The fourth-order valence-corrected chi connectivity index (χ4v) is 2.81. The molecule has 0 saturated heterocycles. The van der Waals surface area contributed by atoms with Gasteiger partial charge in [0.05, 0.1) is 12.4 Å². The monoisotopic (exact) mass is 275 g/mol. The van der Waals surface area contributed by atoms with Crippen LogP contribution in [0.2, 0.25) is 0 Å². The fraction of sp³-hybridized carbons (Fsp3) is 0.308. The van der Waals surface area contributed by atoms with Gasteiger partial charge in [0.25, 0.3) is 0 Å². The molecule has 0 aliphatic carbocycles. The van der Waals surface area contributed by atoms with Crippen LogP contribution < -0.4 is 0 Å². The van der Waals surface area contributed by atoms with Crippen LogP contribution in [0.15, 0.2) is 30.7 Å². The van der Waals surface area contributed by atoms with Gasteiger partial charge in [0.2, 0.25) is 0 Å². The highest BCUT2D eigenvalue weighted by molar-refractivity contribution is 5.85. The van der Waals surface area contributed by atoms with Crippen LogP contribution >= 0.6 is 12.4 Å². The zero-order valence-corrected chi connectivity index (χ0v) is 11.1. The van der Waals surface area contributed by atoms with E-state index in [0.29, 0.717) is 6.04 Å². The Morgan fingerprint density at radius 2 is 2.11 bits per heavy atom. The molecule has 0 amide bonds. The maximum absolute atomic E-state index is 4.26. The quantitative estimate of drug-likeness (QED) is 0.742. The number of rotatable bonds is 1. The molecule has 1 N–H and O–H groups in total. The maximum Gasteiger partial charge on any atom is 0.113 e. The second-order valence-corrected chi connectivity index (χ2v) is 4.77. The van der Waals surface area contributed by atoms with Crippen molar-refractivity contribution in [2.24, 2.45) is 0 Å². The summed E-state index contributed by atoms with van der Waals surface area (Å²) in [6, 6.07) is 6.68. The topological polar surface area (TPSA) is 59.4 Å². The van der Waals surface area contributed by atoms with Gasteiger partial charge in [-0.2, -0.15) is 15.4 Å². The molecule has 0 fully saturated rings. The van der Waals surface area contributed by atoms with Crippen molar-refractivity contribution in [2.75, 3.05) is 0 Å². The highest BCUT2D eigenvalue weighted by Gasteiger charge is 2.21. The number of imidazole rings is 1. The highest BCUT2D eigenvalue weighted by atomic mass is 35.5. The molecule has 0 radical (unpaired) electrons. The predicted molar refractivity (Wildman–Crippen MR) is 74.4 cm³/mol. The van der Waals surface area contributed by atoms with Gasteiger partial charge < -0.3 is 4.57 Å². The Balaban J connectivity index is 0.00000110. The first kappa shape index (κ1) is 12.2. The van der Waals surface area contributed by atoms with Crippen molar-refractivity contribution in [1.29, 1.82) is 0 Å². The molecular formula is C13H14ClN5. The lowest BCUT2D eigenvalue weighted by molar-refractivity contribution is 0.458. The summed E-state index contributed by atoms with van der Waals surface area (Å²) in [6.45, 7) is 0. The molecule has 6 heteroatoms. The van der Waals surface area contributed by atoms with E-state index < -0.39 is 0 Å². The predicted octanol–water partition coefficient (Wildman–Crippen LogP) is 2.50. The number of aromatic amines is 1. The smallest absolute Gasteiger partial charge is 0.113 e. The van der Waals surface area contributed by atoms with Crippen LogP contribution in [0.25, 0.3) is 11.0 Å². The van der Waals surface area contributed by atoms with Gasteiger partial charge in [-0.05, 0) is 37.0 Å². The maximum atomic E-state index is 4.26. The van der Waals surface area contributed by atoms with Crippen LogP contribution in [0, 0.1) is 0 Å². The normalized spacial score (nSPS) is 18.0. The summed E-state index contributed by atoms with van der Waals surface area (Å²) in [4.78, 5) is 4.26. The van der Waals surface area contributed by atoms with Gasteiger partial charge in [0.15, 0.2) is 0 Å². The van der Waals surface area contributed by atoms with Gasteiger partial charge in [0.1, 0.15) is 11.0 Å². The molecular weight excluding hydrogens is 262 g/mol. The molecule has 1 aliphatic heterocycles. The Bertz CT molecular complexity index is 702. The third-order valence-corrected chi connectivity index (χ3v) is 3.72. The van der Waals surface area contributed by atoms with Gasteiger partial charge >= 0.3 is 0 Å². The van der Waals surface area contributed by atoms with E-state index >= 15 is 0 Å². The Morgan fingerprint density at radius 3 is 3.05 bits per heavy atom. The number of nitrogens with one attached hydrogen (secondary N) is 1. The molecule has 3 aromatic rings. The minimum atomic E-state index is 0. The van der Waals surface area contributed by atoms with E-state index in [9.17, 15) is 0 Å². The number of halogens is 1. The average Bonchev–Trinajstić information content (AvgIpc) is 3.05. The lowest BCUT2D eigenvalue weighted by atomic mass is 9.96. The summed E-state index contributed by atoms with van der Waals surface area (Å²) < 4.78 is 2.28. The van der Waals surface area contributed by atoms with E-state index in [1.807, 2.05) is 18.6 Å². The molecule has 4 rings (SSSR count). The van der Waals surface area contributed by atoms with E-state index in [-0.39, 0.29) is 12.4 Å². The van der Waals surface area contributed by atoms with E-state index in [0.717, 1.165) is 23.9 Å². The highest BCUT2D eigenvalue weighted by Crippen LogP contribution is 2.31. The van der Waals surface area contributed by atoms with Gasteiger partial charge in [-0.3, -0.25) is 0 Å². The van der Waals surface area contributed by atoms with Crippen LogP contribution in [0.1, 0.15) is 30.1 Å². The Morgan fingerprint density at radius 1 is 1.21 bits per heavy atom. The van der Waals surface area contributed by atoms with Gasteiger partial charge in [0, 0.05) is 11.9 Å². The number of fused-ring (bicyclic) bond motifs is 2. The number of aromatic nitrogens is 5. The van der Waals surface area contributed by atoms with Crippen molar-refractivity contribution in [1.82, 2.24) is 25.0 Å². The van der Waals surface area contributed by atoms with Gasteiger partial charge in [-0.15, -0.1) is 12.4 Å². The van der Waals surface area contributed by atoms with Gasteiger partial charge in [-0.1, -0.05) is 6.07 Å². The molecule has 1 aliphatic rings. The summed E-state index contributed by atoms with van der Waals surface area (Å²) in [5.74, 6) is 0. The Hall–Kier alpha value is -1.88. The zero-order chi connectivity index (χ0) is 11.9. The Kier molecular flexibility index (Phi) is 2.98. The second kappa shape index (κ2) is 4.66. The standard InChI is InChI=1S/C13H13N5.ClH/c1-2-10-7-14-8-18(10)13(3-1)9-4-5-11-12(6-9)16-17-15-11;/h4-8,13H,1-3H2,(H,15,16,17);1H. The van der Waals surface area contributed by atoms with Crippen molar-refractivity contribution in [3.05, 3.63) is 42.0 Å².